The highest BCUT2D eigenvalue weighted by atomic mass is 15.0. The molecule has 3 heterocycles. The maximum Gasteiger partial charge on any atom is 0.104 e. The molecule has 0 spiro atoms. The van der Waals surface area contributed by atoms with Gasteiger partial charge < -0.3 is 9.13 Å². The molecule has 0 saturated heterocycles. The second-order valence-electron chi connectivity index (χ2n) is 16.1. The van der Waals surface area contributed by atoms with E-state index in [2.05, 4.69) is 188 Å². The van der Waals surface area contributed by atoms with E-state index < -0.39 is 0 Å². The molecule has 3 aromatic heterocycles. The third-order valence-corrected chi connectivity index (χ3v) is 11.6. The monoisotopic (exact) mass is 746 g/mol. The van der Waals surface area contributed by atoms with Crippen LogP contribution in [-0.2, 0) is 0 Å². The number of pyridine rings is 1. The van der Waals surface area contributed by atoms with Gasteiger partial charge in [-0.2, -0.15) is 5.26 Å². The number of hydrogen-bond donors (Lipinski definition) is 0. The van der Waals surface area contributed by atoms with Crippen molar-refractivity contribution in [3.8, 4) is 50.8 Å². The van der Waals surface area contributed by atoms with Gasteiger partial charge in [0.15, 0.2) is 0 Å². The van der Waals surface area contributed by atoms with Crippen LogP contribution in [0.3, 0.4) is 0 Å². The minimum absolute atomic E-state index is 0.602. The van der Waals surface area contributed by atoms with E-state index in [0.717, 1.165) is 88.6 Å². The van der Waals surface area contributed by atoms with E-state index in [-0.39, 0.29) is 0 Å². The molecular formula is C54H42N4. The molecular weight excluding hydrogens is 705 g/mol. The van der Waals surface area contributed by atoms with E-state index in [4.69, 9.17) is 4.98 Å². The zero-order chi connectivity index (χ0) is 39.8. The Kier molecular flexibility index (Phi) is 8.18. The average Bonchev–Trinajstić information content (AvgIpc) is 3.71. The van der Waals surface area contributed by atoms with Gasteiger partial charge in [-0.15, -0.1) is 0 Å². The van der Waals surface area contributed by atoms with Gasteiger partial charge in [0.05, 0.1) is 33.4 Å². The number of para-hydroxylation sites is 2. The predicted molar refractivity (Wildman–Crippen MR) is 242 cm³/mol. The van der Waals surface area contributed by atoms with Gasteiger partial charge in [0.25, 0.3) is 0 Å². The predicted octanol–water partition coefficient (Wildman–Crippen LogP) is 14.0. The van der Waals surface area contributed by atoms with Crippen LogP contribution in [0.25, 0.3) is 88.4 Å². The van der Waals surface area contributed by atoms with Gasteiger partial charge in [-0.1, -0.05) is 119 Å². The zero-order valence-corrected chi connectivity index (χ0v) is 33.6. The first-order valence-corrected chi connectivity index (χ1v) is 19.9. The topological polar surface area (TPSA) is 46.5 Å². The van der Waals surface area contributed by atoms with E-state index >= 15 is 0 Å². The fourth-order valence-electron chi connectivity index (χ4n) is 9.35. The first-order valence-electron chi connectivity index (χ1n) is 19.9. The minimum Gasteiger partial charge on any atom is -0.308 e. The Bertz CT molecular complexity index is 3120. The average molecular weight is 747 g/mol. The molecule has 4 heteroatoms. The normalized spacial score (nSPS) is 11.6. The molecule has 58 heavy (non-hydrogen) atoms. The largest absolute Gasteiger partial charge is 0.308 e. The molecule has 7 aromatic carbocycles. The molecule has 0 atom stereocenters. The summed E-state index contributed by atoms with van der Waals surface area (Å²) in [6, 6.07) is 55.6. The summed E-state index contributed by atoms with van der Waals surface area (Å²) in [6.07, 6.45) is 0. The molecule has 0 bridgehead atoms. The van der Waals surface area contributed by atoms with Gasteiger partial charge in [0.2, 0.25) is 0 Å². The second kappa shape index (κ2) is 13.5. The molecule has 0 N–H and O–H groups in total. The number of fused-ring (bicyclic) bond motifs is 6. The van der Waals surface area contributed by atoms with E-state index in [9.17, 15) is 5.26 Å². The number of nitrogens with zero attached hydrogens (tertiary/aromatic N) is 4. The summed E-state index contributed by atoms with van der Waals surface area (Å²) < 4.78 is 4.64. The summed E-state index contributed by atoms with van der Waals surface area (Å²) in [6.45, 7) is 12.7. The van der Waals surface area contributed by atoms with Crippen molar-refractivity contribution in [2.45, 2.75) is 41.5 Å². The molecule has 0 aliphatic rings. The molecule has 0 unspecified atom stereocenters. The Morgan fingerprint density at radius 1 is 0.379 bits per heavy atom. The van der Waals surface area contributed by atoms with Crippen LogP contribution in [0.5, 0.6) is 0 Å². The molecule has 0 saturated carbocycles. The summed E-state index contributed by atoms with van der Waals surface area (Å²) in [7, 11) is 0. The van der Waals surface area contributed by atoms with Gasteiger partial charge in [0, 0.05) is 32.9 Å². The van der Waals surface area contributed by atoms with Gasteiger partial charge in [-0.25, -0.2) is 0 Å². The van der Waals surface area contributed by atoms with Gasteiger partial charge in [-0.3, -0.25) is 4.98 Å². The van der Waals surface area contributed by atoms with Crippen molar-refractivity contribution < 1.29 is 0 Å². The van der Waals surface area contributed by atoms with Crippen molar-refractivity contribution in [1.29, 1.82) is 5.26 Å². The van der Waals surface area contributed by atoms with E-state index in [1.54, 1.807) is 0 Å². The molecule has 0 fully saturated rings. The Morgan fingerprint density at radius 3 is 1.19 bits per heavy atom. The quantitative estimate of drug-likeness (QED) is 0.176. The molecule has 0 radical (unpaired) electrons. The van der Waals surface area contributed by atoms with Crippen molar-refractivity contribution in [1.82, 2.24) is 14.1 Å². The van der Waals surface area contributed by atoms with Crippen LogP contribution in [0.4, 0.5) is 0 Å². The number of benzene rings is 7. The summed E-state index contributed by atoms with van der Waals surface area (Å²) in [5.74, 6) is 0. The Labute approximate surface area is 338 Å². The molecule has 0 amide bonds. The summed E-state index contributed by atoms with van der Waals surface area (Å²) in [4.78, 5) is 4.74. The summed E-state index contributed by atoms with van der Waals surface area (Å²) in [5, 5.41) is 16.1. The number of aryl methyl sites for hydroxylation is 6. The van der Waals surface area contributed by atoms with Gasteiger partial charge >= 0.3 is 0 Å². The minimum atomic E-state index is 0.602. The molecule has 10 aromatic rings. The van der Waals surface area contributed by atoms with E-state index in [1.165, 1.54) is 33.4 Å². The van der Waals surface area contributed by atoms with Crippen molar-refractivity contribution in [3.05, 3.63) is 185 Å². The highest BCUT2D eigenvalue weighted by Gasteiger charge is 2.23. The lowest BCUT2D eigenvalue weighted by Gasteiger charge is -2.19. The number of aromatic nitrogens is 3. The van der Waals surface area contributed by atoms with E-state index in [0.29, 0.717) is 5.56 Å². The fourth-order valence-corrected chi connectivity index (χ4v) is 9.35. The zero-order valence-electron chi connectivity index (χ0n) is 33.6. The summed E-state index contributed by atoms with van der Waals surface area (Å²) in [5.41, 5.74) is 20.0. The lowest BCUT2D eigenvalue weighted by Crippen LogP contribution is -2.05. The first kappa shape index (κ1) is 35.2. The lowest BCUT2D eigenvalue weighted by atomic mass is 9.98. The highest BCUT2D eigenvalue weighted by molar-refractivity contribution is 6.12. The Morgan fingerprint density at radius 2 is 0.759 bits per heavy atom. The van der Waals surface area contributed by atoms with Crippen LogP contribution in [0, 0.1) is 52.9 Å². The van der Waals surface area contributed by atoms with Crippen LogP contribution in [0.1, 0.15) is 39.2 Å². The standard InChI is InChI=1S/C54H42N4/c1-32-19-33(2)22-40(21-32)38-15-17-46-44-11-7-9-13-49(44)57(51(46)27-38)53-29-43(42-25-36(5)56-37(6)26-42)30-54(48(53)31-55)58-50-14-10-8-12-45(50)47-18-16-39(28-52(47)58)41-23-34(3)20-35(4)24-41/h7-30H,1-6H3. The van der Waals surface area contributed by atoms with Crippen LogP contribution >= 0.6 is 0 Å². The Balaban J connectivity index is 1.34. The van der Waals surface area contributed by atoms with Gasteiger partial charge in [-0.05, 0) is 123 Å². The van der Waals surface area contributed by atoms with Crippen molar-refractivity contribution in [2.75, 3.05) is 0 Å². The SMILES string of the molecule is Cc1cc(C)cc(-c2ccc3c4ccccc4n(-c4cc(-c5cc(C)nc(C)c5)cc(-n5c6ccccc6c6ccc(-c7cc(C)cc(C)c7)cc65)c4C#N)c3c2)c1. The molecule has 0 aliphatic carbocycles. The third-order valence-electron chi connectivity index (χ3n) is 11.6. The highest BCUT2D eigenvalue weighted by Crippen LogP contribution is 2.42. The smallest absolute Gasteiger partial charge is 0.104 e. The van der Waals surface area contributed by atoms with Gasteiger partial charge in [0.1, 0.15) is 11.6 Å². The van der Waals surface area contributed by atoms with Crippen molar-refractivity contribution in [2.24, 2.45) is 0 Å². The lowest BCUT2D eigenvalue weighted by molar-refractivity contribution is 1.11. The second-order valence-corrected chi connectivity index (χ2v) is 16.1. The maximum atomic E-state index is 11.5. The maximum absolute atomic E-state index is 11.5. The number of rotatable bonds is 5. The van der Waals surface area contributed by atoms with Crippen LogP contribution in [0.2, 0.25) is 0 Å². The number of nitriles is 1. The Hall–Kier alpha value is -7.22. The fraction of sp³-hybridized carbons (Fsp3) is 0.111. The number of hydrogen-bond acceptors (Lipinski definition) is 2. The van der Waals surface area contributed by atoms with Crippen molar-refractivity contribution >= 4 is 43.6 Å². The van der Waals surface area contributed by atoms with E-state index in [1.807, 2.05) is 13.8 Å². The first-order chi connectivity index (χ1) is 28.1. The molecule has 10 rings (SSSR count). The van der Waals surface area contributed by atoms with Crippen LogP contribution in [0.15, 0.2) is 146 Å². The van der Waals surface area contributed by atoms with Crippen LogP contribution in [-0.4, -0.2) is 14.1 Å². The molecule has 278 valence electrons. The molecule has 4 nitrogen and oxygen atoms in total. The molecule has 0 aliphatic heterocycles. The summed E-state index contributed by atoms with van der Waals surface area (Å²) >= 11 is 0. The third kappa shape index (κ3) is 5.78. The van der Waals surface area contributed by atoms with Crippen LogP contribution < -0.4 is 0 Å². The van der Waals surface area contributed by atoms with Crippen molar-refractivity contribution in [3.63, 3.8) is 0 Å².